The number of rotatable bonds is 3. The summed E-state index contributed by atoms with van der Waals surface area (Å²) in [6.07, 6.45) is 1.79. The molecule has 0 unspecified atom stereocenters. The lowest BCUT2D eigenvalue weighted by Crippen LogP contribution is -2.13. The third-order valence-corrected chi connectivity index (χ3v) is 2.92. The first kappa shape index (κ1) is 12.0. The summed E-state index contributed by atoms with van der Waals surface area (Å²) in [7, 11) is 0. The van der Waals surface area contributed by atoms with E-state index in [9.17, 15) is 0 Å². The van der Waals surface area contributed by atoms with Crippen molar-refractivity contribution < 1.29 is 0 Å². The molecule has 0 aromatic carbocycles. The van der Waals surface area contributed by atoms with Gasteiger partial charge < -0.3 is 5.32 Å². The van der Waals surface area contributed by atoms with Crippen molar-refractivity contribution in [3.63, 3.8) is 0 Å². The van der Waals surface area contributed by atoms with E-state index in [4.69, 9.17) is 0 Å². The Hall–Kier alpha value is -1.49. The highest BCUT2D eigenvalue weighted by molar-refractivity contribution is 7.09. The van der Waals surface area contributed by atoms with Gasteiger partial charge in [0.05, 0.1) is 12.2 Å². The Balaban J connectivity index is 1.99. The lowest BCUT2D eigenvalue weighted by molar-refractivity contribution is 0.555. The van der Waals surface area contributed by atoms with Crippen LogP contribution in [-0.4, -0.2) is 14.3 Å². The number of anilines is 1. The van der Waals surface area contributed by atoms with Crippen molar-refractivity contribution in [3.05, 3.63) is 35.9 Å². The minimum Gasteiger partial charge on any atom is -0.355 e. The van der Waals surface area contributed by atoms with Gasteiger partial charge in [-0.2, -0.15) is 4.37 Å². The predicted molar refractivity (Wildman–Crippen MR) is 70.2 cm³/mol. The molecular formula is C12H16N4S. The van der Waals surface area contributed by atoms with Crippen LogP contribution in [-0.2, 0) is 12.0 Å². The molecule has 0 fully saturated rings. The molecule has 1 N–H and O–H groups in total. The largest absolute Gasteiger partial charge is 0.355 e. The van der Waals surface area contributed by atoms with Crippen molar-refractivity contribution in [2.75, 3.05) is 5.32 Å². The first-order valence-corrected chi connectivity index (χ1v) is 6.31. The quantitative estimate of drug-likeness (QED) is 0.907. The molecule has 2 rings (SSSR count). The van der Waals surface area contributed by atoms with Crippen molar-refractivity contribution >= 4 is 16.7 Å². The second-order valence-electron chi connectivity index (χ2n) is 4.85. The minimum absolute atomic E-state index is 0.00142. The molecule has 0 saturated heterocycles. The highest BCUT2D eigenvalue weighted by atomic mass is 32.1. The number of aromatic nitrogens is 3. The van der Waals surface area contributed by atoms with Crippen LogP contribution < -0.4 is 5.32 Å². The van der Waals surface area contributed by atoms with Gasteiger partial charge in [0.2, 0.25) is 5.13 Å². The first-order valence-electron chi connectivity index (χ1n) is 5.54. The zero-order chi connectivity index (χ0) is 12.3. The smallest absolute Gasteiger partial charge is 0.202 e. The summed E-state index contributed by atoms with van der Waals surface area (Å²) in [5.74, 6) is 0.881. The van der Waals surface area contributed by atoms with Crippen molar-refractivity contribution in [1.29, 1.82) is 0 Å². The van der Waals surface area contributed by atoms with Gasteiger partial charge in [-0.1, -0.05) is 26.8 Å². The van der Waals surface area contributed by atoms with E-state index in [1.165, 1.54) is 11.5 Å². The summed E-state index contributed by atoms with van der Waals surface area (Å²) < 4.78 is 4.35. The summed E-state index contributed by atoms with van der Waals surface area (Å²) in [5.41, 5.74) is 1.00. The van der Waals surface area contributed by atoms with Crippen LogP contribution in [0.1, 0.15) is 32.3 Å². The van der Waals surface area contributed by atoms with E-state index in [1.807, 2.05) is 18.2 Å². The number of hydrogen-bond acceptors (Lipinski definition) is 5. The zero-order valence-electron chi connectivity index (χ0n) is 10.3. The van der Waals surface area contributed by atoms with Crippen LogP contribution in [0.3, 0.4) is 0 Å². The summed E-state index contributed by atoms with van der Waals surface area (Å²) in [6.45, 7) is 7.01. The summed E-state index contributed by atoms with van der Waals surface area (Å²) in [5, 5.41) is 4.08. The molecule has 2 aromatic rings. The standard InChI is InChI=1S/C12H16N4S/c1-12(2,3)10-15-11(17-16-10)14-8-9-6-4-5-7-13-9/h4-7H,8H2,1-3H3,(H,14,15,16). The summed E-state index contributed by atoms with van der Waals surface area (Å²) in [6, 6.07) is 5.87. The number of nitrogens with one attached hydrogen (secondary N) is 1. The highest BCUT2D eigenvalue weighted by Gasteiger charge is 2.19. The highest BCUT2D eigenvalue weighted by Crippen LogP contribution is 2.22. The molecule has 5 heteroatoms. The topological polar surface area (TPSA) is 50.7 Å². The third kappa shape index (κ3) is 3.23. The monoisotopic (exact) mass is 248 g/mol. The molecule has 0 atom stereocenters. The average molecular weight is 248 g/mol. The Morgan fingerprint density at radius 2 is 2.12 bits per heavy atom. The van der Waals surface area contributed by atoms with Crippen LogP contribution in [0, 0.1) is 0 Å². The molecule has 0 aliphatic rings. The fraction of sp³-hybridized carbons (Fsp3) is 0.417. The Labute approximate surface area is 105 Å². The summed E-state index contributed by atoms with van der Waals surface area (Å²) in [4.78, 5) is 8.71. The van der Waals surface area contributed by atoms with E-state index in [1.54, 1.807) is 6.20 Å². The SMILES string of the molecule is CC(C)(C)c1nsc(NCc2ccccn2)n1. The number of nitrogens with zero attached hydrogens (tertiary/aromatic N) is 3. The second kappa shape index (κ2) is 4.79. The van der Waals surface area contributed by atoms with Gasteiger partial charge in [-0.05, 0) is 12.1 Å². The molecule has 2 heterocycles. The normalized spacial score (nSPS) is 11.5. The van der Waals surface area contributed by atoms with Gasteiger partial charge in [-0.3, -0.25) is 4.98 Å². The molecule has 4 nitrogen and oxygen atoms in total. The van der Waals surface area contributed by atoms with E-state index < -0.39 is 0 Å². The van der Waals surface area contributed by atoms with Crippen molar-refractivity contribution in [2.24, 2.45) is 0 Å². The molecule has 0 aliphatic carbocycles. The fourth-order valence-electron chi connectivity index (χ4n) is 1.27. The van der Waals surface area contributed by atoms with Crippen LogP contribution in [0.4, 0.5) is 5.13 Å². The molecule has 0 bridgehead atoms. The molecule has 0 amide bonds. The van der Waals surface area contributed by atoms with Crippen LogP contribution in [0.25, 0.3) is 0 Å². The van der Waals surface area contributed by atoms with Gasteiger partial charge in [0.25, 0.3) is 0 Å². The lowest BCUT2D eigenvalue weighted by Gasteiger charge is -2.12. The number of hydrogen-bond donors (Lipinski definition) is 1. The third-order valence-electron chi connectivity index (χ3n) is 2.24. The van der Waals surface area contributed by atoms with Gasteiger partial charge in [0.1, 0.15) is 5.82 Å². The van der Waals surface area contributed by atoms with E-state index >= 15 is 0 Å². The Bertz CT molecular complexity index is 473. The van der Waals surface area contributed by atoms with Crippen molar-refractivity contribution in [2.45, 2.75) is 32.7 Å². The molecule has 90 valence electrons. The van der Waals surface area contributed by atoms with Crippen LogP contribution in [0.5, 0.6) is 0 Å². The predicted octanol–water partition coefficient (Wildman–Crippen LogP) is 2.84. The van der Waals surface area contributed by atoms with E-state index in [2.05, 4.69) is 40.4 Å². The Kier molecular flexibility index (Phi) is 3.38. The second-order valence-corrected chi connectivity index (χ2v) is 5.60. The summed E-state index contributed by atoms with van der Waals surface area (Å²) >= 11 is 1.40. The maximum Gasteiger partial charge on any atom is 0.202 e. The van der Waals surface area contributed by atoms with Crippen LogP contribution >= 0.6 is 11.5 Å². The lowest BCUT2D eigenvalue weighted by atomic mass is 9.96. The van der Waals surface area contributed by atoms with E-state index in [0.29, 0.717) is 6.54 Å². The maximum atomic E-state index is 4.47. The molecule has 0 spiro atoms. The minimum atomic E-state index is 0.00142. The molecule has 0 radical (unpaired) electrons. The van der Waals surface area contributed by atoms with E-state index in [0.717, 1.165) is 16.6 Å². The van der Waals surface area contributed by atoms with E-state index in [-0.39, 0.29) is 5.41 Å². The number of pyridine rings is 1. The Morgan fingerprint density at radius 1 is 1.29 bits per heavy atom. The van der Waals surface area contributed by atoms with Gasteiger partial charge in [-0.25, -0.2) is 4.98 Å². The van der Waals surface area contributed by atoms with Gasteiger partial charge in [0, 0.05) is 23.1 Å². The fourth-order valence-corrected chi connectivity index (χ4v) is 2.02. The van der Waals surface area contributed by atoms with Gasteiger partial charge in [0.15, 0.2) is 0 Å². The Morgan fingerprint density at radius 3 is 2.71 bits per heavy atom. The van der Waals surface area contributed by atoms with Crippen molar-refractivity contribution in [3.8, 4) is 0 Å². The van der Waals surface area contributed by atoms with Crippen LogP contribution in [0.15, 0.2) is 24.4 Å². The van der Waals surface area contributed by atoms with Crippen molar-refractivity contribution in [1.82, 2.24) is 14.3 Å². The molecule has 0 saturated carbocycles. The molecular weight excluding hydrogens is 232 g/mol. The van der Waals surface area contributed by atoms with Crippen LogP contribution in [0.2, 0.25) is 0 Å². The van der Waals surface area contributed by atoms with Gasteiger partial charge >= 0.3 is 0 Å². The zero-order valence-corrected chi connectivity index (χ0v) is 11.1. The molecule has 17 heavy (non-hydrogen) atoms. The molecule has 2 aromatic heterocycles. The average Bonchev–Trinajstić information content (AvgIpc) is 2.76. The van der Waals surface area contributed by atoms with Gasteiger partial charge in [-0.15, -0.1) is 0 Å². The first-order chi connectivity index (χ1) is 8.05. The molecule has 0 aliphatic heterocycles. The maximum absolute atomic E-state index is 4.47.